The molecule has 0 saturated heterocycles. The van der Waals surface area contributed by atoms with E-state index in [1.807, 2.05) is 12.1 Å². The lowest BCUT2D eigenvalue weighted by molar-refractivity contribution is 0.728. The molecule has 0 saturated carbocycles. The van der Waals surface area contributed by atoms with E-state index >= 15 is 0 Å². The van der Waals surface area contributed by atoms with Crippen molar-refractivity contribution >= 4 is 57.7 Å². The van der Waals surface area contributed by atoms with E-state index in [0.717, 1.165) is 64.1 Å². The highest BCUT2D eigenvalue weighted by molar-refractivity contribution is 5.84. The summed E-state index contributed by atoms with van der Waals surface area (Å²) < 4.78 is 0. The summed E-state index contributed by atoms with van der Waals surface area (Å²) in [5.74, 6) is 4.84. The van der Waals surface area contributed by atoms with E-state index in [2.05, 4.69) is 129 Å². The molecule has 0 fully saturated rings. The van der Waals surface area contributed by atoms with Gasteiger partial charge in [-0.25, -0.2) is 15.0 Å². The Labute approximate surface area is 231 Å². The Morgan fingerprint density at radius 3 is 1.45 bits per heavy atom. The summed E-state index contributed by atoms with van der Waals surface area (Å²) in [5, 5.41) is 0. The lowest BCUT2D eigenvalue weighted by Crippen LogP contribution is -2.35. The highest BCUT2D eigenvalue weighted by atomic mass is 15.4. The van der Waals surface area contributed by atoms with Gasteiger partial charge in [0.15, 0.2) is 0 Å². The van der Waals surface area contributed by atoms with E-state index in [9.17, 15) is 0 Å². The van der Waals surface area contributed by atoms with Gasteiger partial charge >= 0.3 is 0 Å². The first kappa shape index (κ1) is 21.5. The molecule has 0 amide bonds. The molecule has 0 spiro atoms. The van der Waals surface area contributed by atoms with Crippen LogP contribution >= 0.6 is 0 Å². The normalized spacial score (nSPS) is 17.5. The van der Waals surface area contributed by atoms with Crippen molar-refractivity contribution in [2.45, 2.75) is 12.5 Å². The van der Waals surface area contributed by atoms with Crippen LogP contribution in [0.1, 0.15) is 6.42 Å². The number of hydrogen-bond donors (Lipinski definition) is 0. The third kappa shape index (κ3) is 3.09. The van der Waals surface area contributed by atoms with Gasteiger partial charge in [0.05, 0.1) is 17.4 Å². The van der Waals surface area contributed by atoms with Gasteiger partial charge in [0, 0.05) is 23.5 Å². The van der Waals surface area contributed by atoms with Crippen LogP contribution in [-0.4, -0.2) is 21.0 Å². The maximum absolute atomic E-state index is 5.26. The summed E-state index contributed by atoms with van der Waals surface area (Å²) in [6.07, 6.45) is 7.43. The van der Waals surface area contributed by atoms with E-state index in [-0.39, 0.29) is 6.04 Å². The van der Waals surface area contributed by atoms with Crippen LogP contribution in [-0.2, 0) is 0 Å². The number of anilines is 10. The summed E-state index contributed by atoms with van der Waals surface area (Å²) in [4.78, 5) is 24.7. The lowest BCUT2D eigenvalue weighted by atomic mass is 10.0. The van der Waals surface area contributed by atoms with Crippen LogP contribution in [0.25, 0.3) is 0 Å². The SMILES string of the molecule is C1=CC2CC(=C1)N1c3cccc(c3)N3c4cccc(n4)N(c4cccc1c4)c1cccc(n1)N2c1cccc3n1. The Hall–Kier alpha value is -5.43. The Morgan fingerprint density at radius 2 is 0.925 bits per heavy atom. The molecule has 1 atom stereocenters. The molecule has 1 unspecified atom stereocenters. The van der Waals surface area contributed by atoms with Crippen molar-refractivity contribution in [3.05, 3.63) is 127 Å². The number of pyridine rings is 3. The Balaban J connectivity index is 1.51. The average Bonchev–Trinajstić information content (AvgIpc) is 2.98. The fourth-order valence-corrected chi connectivity index (χ4v) is 6.24. The molecule has 4 aliphatic heterocycles. The minimum Gasteiger partial charge on any atom is -0.314 e. The molecule has 1 aliphatic carbocycles. The van der Waals surface area contributed by atoms with Crippen LogP contribution in [0.5, 0.6) is 0 Å². The monoisotopic (exact) mass is 517 g/mol. The van der Waals surface area contributed by atoms with Crippen molar-refractivity contribution in [3.8, 4) is 0 Å². The number of hydrogen-bond acceptors (Lipinski definition) is 7. The Bertz CT molecular complexity index is 1780. The Morgan fingerprint density at radius 1 is 0.500 bits per heavy atom. The minimum atomic E-state index is 0.0130. The molecule has 0 N–H and O–H groups in total. The van der Waals surface area contributed by atoms with Crippen LogP contribution < -0.4 is 19.6 Å². The molecule has 0 radical (unpaired) electrons. The van der Waals surface area contributed by atoms with Crippen molar-refractivity contribution in [1.82, 2.24) is 15.0 Å². The van der Waals surface area contributed by atoms with Crippen molar-refractivity contribution in [3.63, 3.8) is 0 Å². The van der Waals surface area contributed by atoms with Gasteiger partial charge in [-0.1, -0.05) is 42.5 Å². The van der Waals surface area contributed by atoms with Gasteiger partial charge in [-0.15, -0.1) is 0 Å². The molecule has 7 nitrogen and oxygen atoms in total. The Kier molecular flexibility index (Phi) is 4.32. The number of aromatic nitrogens is 3. The molecule has 10 rings (SSSR count). The fourth-order valence-electron chi connectivity index (χ4n) is 6.24. The highest BCUT2D eigenvalue weighted by Gasteiger charge is 2.31. The third-order valence-electron chi connectivity index (χ3n) is 7.92. The van der Waals surface area contributed by atoms with E-state index in [1.54, 1.807) is 0 Å². The van der Waals surface area contributed by atoms with Crippen LogP contribution in [0.2, 0.25) is 0 Å². The molecule has 7 heteroatoms. The van der Waals surface area contributed by atoms with Crippen molar-refractivity contribution in [1.29, 1.82) is 0 Å². The van der Waals surface area contributed by atoms with Crippen molar-refractivity contribution < 1.29 is 0 Å². The van der Waals surface area contributed by atoms with Gasteiger partial charge in [0.1, 0.15) is 34.9 Å². The van der Waals surface area contributed by atoms with Gasteiger partial charge in [0.2, 0.25) is 0 Å². The van der Waals surface area contributed by atoms with Crippen molar-refractivity contribution in [2.24, 2.45) is 0 Å². The molecule has 16 bridgehead atoms. The average molecular weight is 518 g/mol. The predicted molar refractivity (Wildman–Crippen MR) is 159 cm³/mol. The van der Waals surface area contributed by atoms with Gasteiger partial charge in [-0.2, -0.15) is 0 Å². The molecular weight excluding hydrogens is 494 g/mol. The van der Waals surface area contributed by atoms with Gasteiger partial charge in [-0.3, -0.25) is 9.80 Å². The second-order valence-electron chi connectivity index (χ2n) is 10.3. The largest absolute Gasteiger partial charge is 0.314 e. The number of rotatable bonds is 0. The minimum absolute atomic E-state index is 0.0130. The molecule has 5 aromatic rings. The number of allylic oxidation sites excluding steroid dienone is 2. The summed E-state index contributed by atoms with van der Waals surface area (Å²) in [6.45, 7) is 0. The predicted octanol–water partition coefficient (Wildman–Crippen LogP) is 7.94. The first-order valence-electron chi connectivity index (χ1n) is 13.5. The molecule has 3 aromatic heterocycles. The summed E-state index contributed by atoms with van der Waals surface area (Å²) in [7, 11) is 0. The standard InChI is InChI=1S/C33H23N7/c1-7-22-19-25(10-1)38-28-13-4-15-30(34-28)39-26-11-2-8-23(20-26)37(22)24-9-3-12-27(21-24)40(31-16-5-14-29(38)35-31)33-18-6-17-32(39)36-33/h1-20,27H,21H2. The number of nitrogens with zero attached hydrogens (tertiary/aromatic N) is 7. The molecule has 40 heavy (non-hydrogen) atoms. The van der Waals surface area contributed by atoms with Crippen LogP contribution in [0.4, 0.5) is 57.7 Å². The van der Waals surface area contributed by atoms with E-state index in [0.29, 0.717) is 0 Å². The summed E-state index contributed by atoms with van der Waals surface area (Å²) in [6, 6.07) is 35.9. The third-order valence-corrected chi connectivity index (χ3v) is 7.92. The molecule has 190 valence electrons. The quantitative estimate of drug-likeness (QED) is 0.207. The van der Waals surface area contributed by atoms with Crippen LogP contribution in [0.15, 0.2) is 127 Å². The molecular formula is C33H23N7. The van der Waals surface area contributed by atoms with Gasteiger partial charge in [-0.05, 0) is 78.9 Å². The van der Waals surface area contributed by atoms with Crippen molar-refractivity contribution in [2.75, 3.05) is 19.6 Å². The number of benzene rings is 2. The lowest BCUT2D eigenvalue weighted by Gasteiger charge is -2.39. The maximum Gasteiger partial charge on any atom is 0.141 e. The van der Waals surface area contributed by atoms with Crippen LogP contribution in [0.3, 0.4) is 0 Å². The smallest absolute Gasteiger partial charge is 0.141 e. The zero-order valence-electron chi connectivity index (χ0n) is 21.5. The second kappa shape index (κ2) is 8.04. The van der Waals surface area contributed by atoms with E-state index in [4.69, 9.17) is 15.0 Å². The first-order chi connectivity index (χ1) is 19.8. The van der Waals surface area contributed by atoms with Crippen LogP contribution in [0, 0.1) is 0 Å². The molecule has 5 aliphatic rings. The summed E-state index contributed by atoms with van der Waals surface area (Å²) in [5.41, 5.74) is 5.35. The molecule has 7 heterocycles. The summed E-state index contributed by atoms with van der Waals surface area (Å²) >= 11 is 0. The van der Waals surface area contributed by atoms with E-state index < -0.39 is 0 Å². The first-order valence-corrected chi connectivity index (χ1v) is 13.5. The zero-order chi connectivity index (χ0) is 26.2. The zero-order valence-corrected chi connectivity index (χ0v) is 21.5. The highest BCUT2D eigenvalue weighted by Crippen LogP contribution is 2.46. The van der Waals surface area contributed by atoms with E-state index in [1.165, 1.54) is 5.70 Å². The molecule has 2 aromatic carbocycles. The van der Waals surface area contributed by atoms with Gasteiger partial charge < -0.3 is 9.80 Å². The second-order valence-corrected chi connectivity index (χ2v) is 10.3. The maximum atomic E-state index is 5.26. The topological polar surface area (TPSA) is 51.6 Å². The van der Waals surface area contributed by atoms with Gasteiger partial charge in [0.25, 0.3) is 0 Å². The fraction of sp³-hybridized carbons (Fsp3) is 0.0606.